The minimum Gasteiger partial charge on any atom is -0.446 e. The molecule has 0 bridgehead atoms. The molecule has 0 atom stereocenters. The predicted molar refractivity (Wildman–Crippen MR) is 82.9 cm³/mol. The zero-order chi connectivity index (χ0) is 15.5. The fraction of sp³-hybridized carbons (Fsp3) is 0.333. The summed E-state index contributed by atoms with van der Waals surface area (Å²) in [6, 6.07) is 10.5. The minimum atomic E-state index is -3.67. The van der Waals surface area contributed by atoms with Crippen LogP contribution in [0.2, 0.25) is 0 Å². The quantitative estimate of drug-likeness (QED) is 0.890. The number of benzene rings is 1. The topological polar surface area (TPSA) is 62.6 Å². The first-order valence-electron chi connectivity index (χ1n) is 6.80. The number of aryl methyl sites for hydroxylation is 1. The Morgan fingerprint density at radius 1 is 1.14 bits per heavy atom. The summed E-state index contributed by atoms with van der Waals surface area (Å²) in [6.45, 7) is 5.25. The molecular formula is C15H20N2O3S. The summed E-state index contributed by atoms with van der Waals surface area (Å²) in [6.07, 6.45) is 0. The zero-order valence-corrected chi connectivity index (χ0v) is 13.3. The molecule has 114 valence electrons. The van der Waals surface area contributed by atoms with Gasteiger partial charge >= 0.3 is 0 Å². The van der Waals surface area contributed by atoms with Crippen molar-refractivity contribution in [2.75, 3.05) is 17.9 Å². The molecule has 0 aliphatic rings. The molecule has 0 saturated heterocycles. The van der Waals surface area contributed by atoms with Crippen LogP contribution in [0.5, 0.6) is 0 Å². The molecule has 0 aliphatic heterocycles. The van der Waals surface area contributed by atoms with Crippen molar-refractivity contribution < 1.29 is 12.8 Å². The van der Waals surface area contributed by atoms with E-state index in [9.17, 15) is 8.42 Å². The summed E-state index contributed by atoms with van der Waals surface area (Å²) in [5.41, 5.74) is 1.68. The second kappa shape index (κ2) is 6.32. The lowest BCUT2D eigenvalue weighted by molar-refractivity contribution is 0.404. The van der Waals surface area contributed by atoms with Crippen LogP contribution in [0.3, 0.4) is 0 Å². The van der Waals surface area contributed by atoms with Gasteiger partial charge in [0.05, 0.1) is 12.2 Å². The fourth-order valence-electron chi connectivity index (χ4n) is 1.87. The van der Waals surface area contributed by atoms with Gasteiger partial charge in [-0.3, -0.25) is 4.31 Å². The molecule has 1 N–H and O–H groups in total. The van der Waals surface area contributed by atoms with Gasteiger partial charge in [0.15, 0.2) is 0 Å². The monoisotopic (exact) mass is 308 g/mol. The highest BCUT2D eigenvalue weighted by atomic mass is 32.2. The van der Waals surface area contributed by atoms with Gasteiger partial charge in [-0.2, -0.15) is 8.42 Å². The van der Waals surface area contributed by atoms with E-state index >= 15 is 0 Å². The van der Waals surface area contributed by atoms with Gasteiger partial charge in [-0.1, -0.05) is 24.6 Å². The summed E-state index contributed by atoms with van der Waals surface area (Å²) >= 11 is 0. The van der Waals surface area contributed by atoms with Crippen molar-refractivity contribution >= 4 is 15.7 Å². The molecule has 1 heterocycles. The highest BCUT2D eigenvalue weighted by Gasteiger charge is 2.24. The molecule has 0 radical (unpaired) electrons. The van der Waals surface area contributed by atoms with Crippen LogP contribution in [0.4, 0.5) is 5.69 Å². The van der Waals surface area contributed by atoms with Crippen LogP contribution in [0.25, 0.3) is 0 Å². The number of rotatable bonds is 6. The summed E-state index contributed by atoms with van der Waals surface area (Å²) in [4.78, 5) is 0. The summed E-state index contributed by atoms with van der Waals surface area (Å²) in [5.74, 6) is 0.604. The average Bonchev–Trinajstić information content (AvgIpc) is 2.94. The molecule has 21 heavy (non-hydrogen) atoms. The Labute approximate surface area is 125 Å². The molecule has 5 nitrogen and oxygen atoms in total. The van der Waals surface area contributed by atoms with Crippen LogP contribution >= 0.6 is 0 Å². The van der Waals surface area contributed by atoms with Crippen LogP contribution in [0.1, 0.15) is 18.2 Å². The van der Waals surface area contributed by atoms with E-state index in [4.69, 9.17) is 4.42 Å². The molecule has 1 aromatic carbocycles. The number of furan rings is 1. The van der Waals surface area contributed by atoms with Gasteiger partial charge in [-0.05, 0) is 37.7 Å². The Morgan fingerprint density at radius 3 is 2.43 bits per heavy atom. The Morgan fingerprint density at radius 2 is 1.81 bits per heavy atom. The summed E-state index contributed by atoms with van der Waals surface area (Å²) in [7, 11) is -2.15. The minimum absolute atomic E-state index is 0.0431. The largest absolute Gasteiger partial charge is 0.446 e. The van der Waals surface area contributed by atoms with E-state index in [1.807, 2.05) is 26.0 Å². The van der Waals surface area contributed by atoms with E-state index in [-0.39, 0.29) is 5.09 Å². The third-order valence-corrected chi connectivity index (χ3v) is 4.86. The highest BCUT2D eigenvalue weighted by Crippen LogP contribution is 2.23. The third kappa shape index (κ3) is 3.46. The molecule has 0 amide bonds. The highest BCUT2D eigenvalue weighted by molar-refractivity contribution is 7.92. The zero-order valence-electron chi connectivity index (χ0n) is 12.5. The first-order chi connectivity index (χ1) is 9.95. The fourth-order valence-corrected chi connectivity index (χ4v) is 2.99. The van der Waals surface area contributed by atoms with Crippen molar-refractivity contribution in [3.05, 3.63) is 47.7 Å². The van der Waals surface area contributed by atoms with E-state index < -0.39 is 10.0 Å². The van der Waals surface area contributed by atoms with Crippen LogP contribution in [0.15, 0.2) is 45.9 Å². The van der Waals surface area contributed by atoms with Gasteiger partial charge in [0.2, 0.25) is 5.09 Å². The Kier molecular flexibility index (Phi) is 4.69. The van der Waals surface area contributed by atoms with Crippen molar-refractivity contribution in [1.82, 2.24) is 5.32 Å². The van der Waals surface area contributed by atoms with Crippen LogP contribution < -0.4 is 9.62 Å². The van der Waals surface area contributed by atoms with Gasteiger partial charge in [0.1, 0.15) is 5.76 Å². The number of hydrogen-bond acceptors (Lipinski definition) is 4. The van der Waals surface area contributed by atoms with Gasteiger partial charge in [0.25, 0.3) is 10.0 Å². The van der Waals surface area contributed by atoms with Gasteiger partial charge in [-0.25, -0.2) is 0 Å². The SMILES string of the molecule is CCNCc1ccc(S(=O)(=O)N(C)c2ccc(C)cc2)o1. The molecule has 0 aliphatic carbocycles. The van der Waals surface area contributed by atoms with E-state index in [1.54, 1.807) is 18.2 Å². The average molecular weight is 308 g/mol. The molecule has 0 fully saturated rings. The van der Waals surface area contributed by atoms with Gasteiger partial charge < -0.3 is 9.73 Å². The molecule has 6 heteroatoms. The number of nitrogens with zero attached hydrogens (tertiary/aromatic N) is 1. The maximum absolute atomic E-state index is 12.5. The van der Waals surface area contributed by atoms with E-state index in [1.165, 1.54) is 17.4 Å². The van der Waals surface area contributed by atoms with Crippen molar-refractivity contribution in [2.24, 2.45) is 0 Å². The standard InChI is InChI=1S/C15H20N2O3S/c1-4-16-11-14-9-10-15(20-14)21(18,19)17(3)13-7-5-12(2)6-8-13/h5-10,16H,4,11H2,1-3H3. The number of hydrogen-bond donors (Lipinski definition) is 1. The lowest BCUT2D eigenvalue weighted by Gasteiger charge is -2.17. The number of nitrogens with one attached hydrogen (secondary N) is 1. The second-order valence-corrected chi connectivity index (χ2v) is 6.71. The second-order valence-electron chi connectivity index (χ2n) is 4.81. The first-order valence-corrected chi connectivity index (χ1v) is 8.24. The molecule has 0 spiro atoms. The maximum Gasteiger partial charge on any atom is 0.297 e. The van der Waals surface area contributed by atoms with Crippen molar-refractivity contribution in [3.8, 4) is 0 Å². The smallest absolute Gasteiger partial charge is 0.297 e. The Bertz CT molecular complexity index is 690. The Balaban J connectivity index is 2.24. The molecule has 0 unspecified atom stereocenters. The Hall–Kier alpha value is -1.79. The van der Waals surface area contributed by atoms with E-state index in [0.717, 1.165) is 12.1 Å². The lowest BCUT2D eigenvalue weighted by Crippen LogP contribution is -2.26. The summed E-state index contributed by atoms with van der Waals surface area (Å²) in [5, 5.41) is 3.05. The first kappa shape index (κ1) is 15.6. The molecular weight excluding hydrogens is 288 g/mol. The lowest BCUT2D eigenvalue weighted by atomic mass is 10.2. The van der Waals surface area contributed by atoms with Crippen molar-refractivity contribution in [1.29, 1.82) is 0 Å². The van der Waals surface area contributed by atoms with Crippen molar-refractivity contribution in [3.63, 3.8) is 0 Å². The van der Waals surface area contributed by atoms with E-state index in [2.05, 4.69) is 5.32 Å². The van der Waals surface area contributed by atoms with Crippen molar-refractivity contribution in [2.45, 2.75) is 25.5 Å². The molecule has 2 aromatic rings. The summed E-state index contributed by atoms with van der Waals surface area (Å²) < 4.78 is 31.7. The van der Waals surface area contributed by atoms with Gasteiger partial charge in [-0.15, -0.1) is 0 Å². The maximum atomic E-state index is 12.5. The number of sulfonamides is 1. The van der Waals surface area contributed by atoms with Gasteiger partial charge in [0, 0.05) is 7.05 Å². The van der Waals surface area contributed by atoms with Crippen LogP contribution in [-0.4, -0.2) is 22.0 Å². The molecule has 0 saturated carbocycles. The van der Waals surface area contributed by atoms with Crippen LogP contribution in [-0.2, 0) is 16.6 Å². The normalized spacial score (nSPS) is 11.6. The van der Waals surface area contributed by atoms with E-state index in [0.29, 0.717) is 18.0 Å². The molecule has 2 rings (SSSR count). The predicted octanol–water partition coefficient (Wildman–Crippen LogP) is 2.52. The van der Waals surface area contributed by atoms with Crippen LogP contribution in [0, 0.1) is 6.92 Å². The molecule has 1 aromatic heterocycles. The number of anilines is 1. The third-order valence-electron chi connectivity index (χ3n) is 3.20.